The van der Waals surface area contributed by atoms with E-state index in [1.165, 1.54) is 7.11 Å². The molecule has 1 atom stereocenters. The van der Waals surface area contributed by atoms with Crippen molar-refractivity contribution in [1.29, 1.82) is 0 Å². The molecule has 2 fully saturated rings. The molecule has 2 aromatic heterocycles. The maximum absolute atomic E-state index is 14.1. The number of pyridine rings is 1. The molecule has 1 aliphatic heterocycles. The number of likely N-dealkylation sites (tertiary alicyclic amines) is 1. The first kappa shape index (κ1) is 28.5. The number of aromatic amines is 1. The van der Waals surface area contributed by atoms with Crippen LogP contribution in [0.15, 0.2) is 35.1 Å². The molecule has 1 saturated carbocycles. The van der Waals surface area contributed by atoms with Crippen LogP contribution in [0.5, 0.6) is 5.75 Å². The smallest absolute Gasteiger partial charge is 0.255 e. The summed E-state index contributed by atoms with van der Waals surface area (Å²) in [5, 5.41) is 0.930. The van der Waals surface area contributed by atoms with Gasteiger partial charge in [-0.3, -0.25) is 9.59 Å². The van der Waals surface area contributed by atoms with Crippen LogP contribution in [0.2, 0.25) is 0 Å². The van der Waals surface area contributed by atoms with Crippen molar-refractivity contribution in [3.63, 3.8) is 0 Å². The second-order valence-electron chi connectivity index (χ2n) is 12.1. The van der Waals surface area contributed by atoms with Gasteiger partial charge in [-0.25, -0.2) is 8.78 Å². The van der Waals surface area contributed by atoms with Gasteiger partial charge >= 0.3 is 0 Å². The second-order valence-corrected chi connectivity index (χ2v) is 12.1. The van der Waals surface area contributed by atoms with Crippen molar-refractivity contribution in [2.24, 2.45) is 11.3 Å². The Labute approximate surface area is 234 Å². The van der Waals surface area contributed by atoms with Gasteiger partial charge in [0.05, 0.1) is 12.7 Å². The van der Waals surface area contributed by atoms with Gasteiger partial charge in [-0.05, 0) is 90.9 Å². The van der Waals surface area contributed by atoms with Crippen molar-refractivity contribution in [3.05, 3.63) is 63.2 Å². The topological polar surface area (TPSA) is 67.3 Å². The summed E-state index contributed by atoms with van der Waals surface area (Å²) in [7, 11) is 1.53. The first-order chi connectivity index (χ1) is 19.0. The number of halogens is 2. The van der Waals surface area contributed by atoms with Crippen LogP contribution >= 0.6 is 0 Å². The standard InChI is InChI=1S/C32H41F2N3O3/c1-20-18-28(40-5)25(30(39)35-20)10-11-27(38)29-22(3)37(26-9-7-6-8-24(26)29)21(2)23-12-16-36(17-13-23)19-32(14-15-32)31(4,33)34/h6-9,18,21,23H,10-17,19H2,1-5H3,(H,35,39)/t21-/m1/s1. The third-order valence-corrected chi connectivity index (χ3v) is 9.52. The monoisotopic (exact) mass is 553 g/mol. The quantitative estimate of drug-likeness (QED) is 0.292. The third kappa shape index (κ3) is 5.22. The van der Waals surface area contributed by atoms with E-state index in [-0.39, 0.29) is 23.8 Å². The van der Waals surface area contributed by atoms with Gasteiger partial charge in [0.25, 0.3) is 11.5 Å². The molecule has 0 bridgehead atoms. The average molecular weight is 554 g/mol. The van der Waals surface area contributed by atoms with Gasteiger partial charge in [0.2, 0.25) is 0 Å². The van der Waals surface area contributed by atoms with Crippen molar-refractivity contribution < 1.29 is 18.3 Å². The van der Waals surface area contributed by atoms with E-state index >= 15 is 0 Å². The molecule has 216 valence electrons. The number of rotatable bonds is 10. The number of carbonyl (C=O) groups excluding carboxylic acids is 1. The van der Waals surface area contributed by atoms with Crippen molar-refractivity contribution >= 4 is 16.7 Å². The number of ketones is 1. The Morgan fingerprint density at radius 3 is 2.50 bits per heavy atom. The average Bonchev–Trinajstić information content (AvgIpc) is 3.64. The van der Waals surface area contributed by atoms with Gasteiger partial charge < -0.3 is 19.2 Å². The highest BCUT2D eigenvalue weighted by molar-refractivity contribution is 6.09. The Kier molecular flexibility index (Phi) is 7.68. The van der Waals surface area contributed by atoms with Crippen molar-refractivity contribution in [3.8, 4) is 5.75 Å². The van der Waals surface area contributed by atoms with E-state index in [0.717, 1.165) is 49.5 Å². The predicted molar refractivity (Wildman–Crippen MR) is 154 cm³/mol. The molecule has 1 aromatic carbocycles. The number of hydrogen-bond donors (Lipinski definition) is 1. The number of benzene rings is 1. The molecular formula is C32H41F2N3O3. The number of hydrogen-bond acceptors (Lipinski definition) is 4. The highest BCUT2D eigenvalue weighted by Gasteiger charge is 2.59. The number of nitrogens with one attached hydrogen (secondary N) is 1. The lowest BCUT2D eigenvalue weighted by Gasteiger charge is -2.38. The molecule has 5 rings (SSSR count). The largest absolute Gasteiger partial charge is 0.496 e. The SMILES string of the molecule is COc1cc(C)[nH]c(=O)c1CCC(=O)c1c(C)n([C@H](C)C2CCN(CC3(C(C)(F)F)CC3)CC2)c2ccccc12. The lowest BCUT2D eigenvalue weighted by molar-refractivity contribution is -0.0698. The van der Waals surface area contributed by atoms with Crippen LogP contribution in [0, 0.1) is 25.2 Å². The minimum absolute atomic E-state index is 0.00622. The summed E-state index contributed by atoms with van der Waals surface area (Å²) in [6, 6.07) is 9.97. The van der Waals surface area contributed by atoms with E-state index in [2.05, 4.69) is 27.4 Å². The number of alkyl halides is 2. The Bertz CT molecular complexity index is 1460. The Morgan fingerprint density at radius 2 is 1.88 bits per heavy atom. The van der Waals surface area contributed by atoms with Crippen LogP contribution in [0.3, 0.4) is 0 Å². The minimum Gasteiger partial charge on any atom is -0.496 e. The molecule has 0 unspecified atom stereocenters. The number of H-pyrrole nitrogens is 1. The van der Waals surface area contributed by atoms with Crippen molar-refractivity contribution in [1.82, 2.24) is 14.5 Å². The zero-order chi connectivity index (χ0) is 28.8. The van der Waals surface area contributed by atoms with E-state index in [0.29, 0.717) is 54.3 Å². The summed E-state index contributed by atoms with van der Waals surface area (Å²) in [5.41, 5.74) is 2.83. The van der Waals surface area contributed by atoms with Crippen molar-refractivity contribution in [2.75, 3.05) is 26.7 Å². The summed E-state index contributed by atoms with van der Waals surface area (Å²) in [6.45, 7) is 9.23. The van der Waals surface area contributed by atoms with Crippen LogP contribution in [0.25, 0.3) is 10.9 Å². The Balaban J connectivity index is 1.34. The van der Waals surface area contributed by atoms with E-state index in [1.54, 1.807) is 13.0 Å². The number of para-hydroxylation sites is 1. The number of aryl methyl sites for hydroxylation is 1. The zero-order valence-electron chi connectivity index (χ0n) is 24.3. The molecule has 3 heterocycles. The molecule has 6 nitrogen and oxygen atoms in total. The van der Waals surface area contributed by atoms with E-state index in [9.17, 15) is 18.4 Å². The number of methoxy groups -OCH3 is 1. The minimum atomic E-state index is -2.63. The molecule has 3 aromatic rings. The fourth-order valence-corrected chi connectivity index (χ4v) is 6.86. The number of nitrogens with zero attached hydrogens (tertiary/aromatic N) is 2. The molecule has 1 aliphatic carbocycles. The second kappa shape index (κ2) is 10.8. The number of piperidine rings is 1. The highest BCUT2D eigenvalue weighted by atomic mass is 19.3. The van der Waals surface area contributed by atoms with Crippen LogP contribution < -0.4 is 10.3 Å². The first-order valence-electron chi connectivity index (χ1n) is 14.5. The van der Waals surface area contributed by atoms with Gasteiger partial charge in [0, 0.05) is 52.3 Å². The molecule has 40 heavy (non-hydrogen) atoms. The van der Waals surface area contributed by atoms with Crippen LogP contribution in [-0.4, -0.2) is 52.9 Å². The van der Waals surface area contributed by atoms with E-state index < -0.39 is 11.3 Å². The molecule has 2 aliphatic rings. The first-order valence-corrected chi connectivity index (χ1v) is 14.5. The maximum atomic E-state index is 14.1. The number of carbonyl (C=O) groups is 1. The van der Waals surface area contributed by atoms with E-state index in [4.69, 9.17) is 4.74 Å². The van der Waals surface area contributed by atoms with Crippen LogP contribution in [0.1, 0.15) is 79.3 Å². The molecular weight excluding hydrogens is 512 g/mol. The summed E-state index contributed by atoms with van der Waals surface area (Å²) in [4.78, 5) is 31.3. The van der Waals surface area contributed by atoms with Gasteiger partial charge in [0.1, 0.15) is 5.75 Å². The molecule has 0 amide bonds. The summed E-state index contributed by atoms with van der Waals surface area (Å²) in [5.74, 6) is -1.73. The lowest BCUT2D eigenvalue weighted by Crippen LogP contribution is -2.43. The van der Waals surface area contributed by atoms with Crippen molar-refractivity contribution in [2.45, 2.75) is 78.2 Å². The fourth-order valence-electron chi connectivity index (χ4n) is 6.86. The predicted octanol–water partition coefficient (Wildman–Crippen LogP) is 6.48. The Morgan fingerprint density at radius 1 is 1.20 bits per heavy atom. The van der Waals surface area contributed by atoms with Gasteiger partial charge in [-0.2, -0.15) is 0 Å². The number of fused-ring (bicyclic) bond motifs is 1. The molecule has 1 N–H and O–H groups in total. The zero-order valence-corrected chi connectivity index (χ0v) is 24.3. The molecule has 0 radical (unpaired) electrons. The van der Waals surface area contributed by atoms with Crippen LogP contribution in [-0.2, 0) is 6.42 Å². The summed E-state index contributed by atoms with van der Waals surface area (Å²) >= 11 is 0. The molecule has 8 heteroatoms. The molecule has 0 spiro atoms. The van der Waals surface area contributed by atoms with Crippen LogP contribution in [0.4, 0.5) is 8.78 Å². The Hall–Kier alpha value is -3.00. The third-order valence-electron chi connectivity index (χ3n) is 9.52. The summed E-state index contributed by atoms with van der Waals surface area (Å²) < 4.78 is 36.0. The molecule has 1 saturated heterocycles. The lowest BCUT2D eigenvalue weighted by atomic mass is 9.88. The van der Waals surface area contributed by atoms with Gasteiger partial charge in [-0.1, -0.05) is 18.2 Å². The fraction of sp³-hybridized carbons (Fsp3) is 0.562. The summed E-state index contributed by atoms with van der Waals surface area (Å²) in [6.07, 6.45) is 3.61. The van der Waals surface area contributed by atoms with E-state index in [1.807, 2.05) is 25.1 Å². The van der Waals surface area contributed by atoms with Gasteiger partial charge in [-0.15, -0.1) is 0 Å². The van der Waals surface area contributed by atoms with Gasteiger partial charge in [0.15, 0.2) is 5.78 Å². The number of aromatic nitrogens is 2. The number of ether oxygens (including phenoxy) is 1. The maximum Gasteiger partial charge on any atom is 0.255 e. The normalized spacial score (nSPS) is 18.7. The highest BCUT2D eigenvalue weighted by Crippen LogP contribution is 2.57. The number of Topliss-reactive ketones (excluding diaryl/α,β-unsaturated/α-hetero) is 1.